The molecule has 0 bridgehead atoms. The van der Waals surface area contributed by atoms with Crippen LogP contribution in [0.25, 0.3) is 0 Å². The average Bonchev–Trinajstić information content (AvgIpc) is 2.75. The van der Waals surface area contributed by atoms with Crippen molar-refractivity contribution in [1.82, 2.24) is 15.1 Å². The van der Waals surface area contributed by atoms with E-state index in [0.29, 0.717) is 11.5 Å². The highest BCUT2D eigenvalue weighted by atomic mass is 15.2. The molecular weight excluding hydrogens is 234 g/mol. The highest BCUT2D eigenvalue weighted by molar-refractivity contribution is 4.83. The van der Waals surface area contributed by atoms with Crippen molar-refractivity contribution in [2.75, 3.05) is 40.3 Å². The number of nitrogens with one attached hydrogen (secondary N) is 1. The van der Waals surface area contributed by atoms with Gasteiger partial charge in [-0.25, -0.2) is 0 Å². The second-order valence-corrected chi connectivity index (χ2v) is 7.18. The summed E-state index contributed by atoms with van der Waals surface area (Å²) in [6.45, 7) is 14.2. The second kappa shape index (κ2) is 7.61. The zero-order valence-electron chi connectivity index (χ0n) is 14.0. The molecule has 19 heavy (non-hydrogen) atoms. The molecular formula is C16H35N3. The molecule has 1 saturated heterocycles. The van der Waals surface area contributed by atoms with Crippen LogP contribution in [0.2, 0.25) is 0 Å². The maximum atomic E-state index is 3.47. The molecule has 1 N–H and O–H groups in total. The van der Waals surface area contributed by atoms with Gasteiger partial charge in [-0.05, 0) is 58.4 Å². The molecule has 1 aliphatic heterocycles. The fourth-order valence-electron chi connectivity index (χ4n) is 3.33. The van der Waals surface area contributed by atoms with Gasteiger partial charge in [-0.15, -0.1) is 0 Å². The van der Waals surface area contributed by atoms with Gasteiger partial charge in [0.2, 0.25) is 0 Å². The van der Waals surface area contributed by atoms with Gasteiger partial charge in [0, 0.05) is 18.6 Å². The lowest BCUT2D eigenvalue weighted by atomic mass is 9.85. The van der Waals surface area contributed by atoms with Gasteiger partial charge >= 0.3 is 0 Å². The molecule has 2 unspecified atom stereocenters. The first-order valence-corrected chi connectivity index (χ1v) is 7.98. The summed E-state index contributed by atoms with van der Waals surface area (Å²) in [5.41, 5.74) is 0.346. The summed E-state index contributed by atoms with van der Waals surface area (Å²) in [5, 5.41) is 3.47. The van der Waals surface area contributed by atoms with Gasteiger partial charge in [-0.2, -0.15) is 0 Å². The van der Waals surface area contributed by atoms with Gasteiger partial charge in [-0.1, -0.05) is 27.7 Å². The molecule has 0 aliphatic carbocycles. The van der Waals surface area contributed by atoms with Crippen LogP contribution in [0.4, 0.5) is 0 Å². The van der Waals surface area contributed by atoms with Crippen molar-refractivity contribution in [3.05, 3.63) is 0 Å². The first-order valence-electron chi connectivity index (χ1n) is 7.98. The van der Waals surface area contributed by atoms with Crippen molar-refractivity contribution in [3.63, 3.8) is 0 Å². The first-order chi connectivity index (χ1) is 8.88. The van der Waals surface area contributed by atoms with Gasteiger partial charge in [0.25, 0.3) is 0 Å². The lowest BCUT2D eigenvalue weighted by molar-refractivity contribution is 0.180. The molecule has 1 rings (SSSR count). The van der Waals surface area contributed by atoms with E-state index in [1.807, 2.05) is 0 Å². The Labute approximate surface area is 120 Å². The number of hydrogen-bond acceptors (Lipinski definition) is 3. The van der Waals surface area contributed by atoms with Crippen LogP contribution in [-0.4, -0.2) is 62.2 Å². The maximum Gasteiger partial charge on any atom is 0.0223 e. The van der Waals surface area contributed by atoms with E-state index in [1.54, 1.807) is 0 Å². The Hall–Kier alpha value is -0.120. The molecule has 3 nitrogen and oxygen atoms in total. The van der Waals surface area contributed by atoms with Crippen LogP contribution in [0.15, 0.2) is 0 Å². The minimum absolute atomic E-state index is 0.346. The van der Waals surface area contributed by atoms with E-state index in [9.17, 15) is 0 Å². The van der Waals surface area contributed by atoms with Gasteiger partial charge < -0.3 is 10.2 Å². The normalized spacial score (nSPS) is 23.2. The van der Waals surface area contributed by atoms with E-state index in [0.717, 1.165) is 6.04 Å². The van der Waals surface area contributed by atoms with Gasteiger partial charge in [-0.3, -0.25) is 4.90 Å². The Kier molecular flexibility index (Phi) is 6.78. The van der Waals surface area contributed by atoms with Crippen molar-refractivity contribution in [2.45, 2.75) is 59.0 Å². The number of nitrogens with zero attached hydrogens (tertiary/aromatic N) is 2. The summed E-state index contributed by atoms with van der Waals surface area (Å²) in [7, 11) is 4.37. The molecule has 2 atom stereocenters. The van der Waals surface area contributed by atoms with Crippen LogP contribution in [-0.2, 0) is 0 Å². The summed E-state index contributed by atoms with van der Waals surface area (Å²) < 4.78 is 0. The summed E-state index contributed by atoms with van der Waals surface area (Å²) >= 11 is 0. The van der Waals surface area contributed by atoms with E-state index in [-0.39, 0.29) is 0 Å². The van der Waals surface area contributed by atoms with Crippen LogP contribution < -0.4 is 5.32 Å². The Balaban J connectivity index is 2.33. The summed E-state index contributed by atoms with van der Waals surface area (Å²) in [6, 6.07) is 1.39. The Morgan fingerprint density at radius 2 is 2.05 bits per heavy atom. The molecule has 1 fully saturated rings. The first kappa shape index (κ1) is 16.9. The zero-order chi connectivity index (χ0) is 14.5. The zero-order valence-corrected chi connectivity index (χ0v) is 14.0. The maximum absolute atomic E-state index is 3.47. The van der Waals surface area contributed by atoms with Crippen LogP contribution in [0.5, 0.6) is 0 Å². The van der Waals surface area contributed by atoms with Crippen molar-refractivity contribution >= 4 is 0 Å². The molecule has 0 amide bonds. The molecule has 0 saturated carbocycles. The van der Waals surface area contributed by atoms with Crippen molar-refractivity contribution in [1.29, 1.82) is 0 Å². The third-order valence-electron chi connectivity index (χ3n) is 4.62. The van der Waals surface area contributed by atoms with Gasteiger partial charge in [0.15, 0.2) is 0 Å². The molecule has 1 aliphatic rings. The Bertz CT molecular complexity index is 247. The number of likely N-dealkylation sites (tertiary alicyclic amines) is 1. The molecule has 0 aromatic rings. The fourth-order valence-corrected chi connectivity index (χ4v) is 3.33. The van der Waals surface area contributed by atoms with E-state index in [2.05, 4.69) is 56.9 Å². The predicted molar refractivity (Wildman–Crippen MR) is 84.7 cm³/mol. The van der Waals surface area contributed by atoms with E-state index < -0.39 is 0 Å². The van der Waals surface area contributed by atoms with Crippen molar-refractivity contribution in [2.24, 2.45) is 5.41 Å². The Morgan fingerprint density at radius 1 is 1.37 bits per heavy atom. The minimum atomic E-state index is 0.346. The minimum Gasteiger partial charge on any atom is -0.316 e. The van der Waals surface area contributed by atoms with Crippen LogP contribution >= 0.6 is 0 Å². The lowest BCUT2D eigenvalue weighted by Gasteiger charge is -2.33. The van der Waals surface area contributed by atoms with Crippen LogP contribution in [0.1, 0.15) is 47.0 Å². The number of likely N-dealkylation sites (N-methyl/N-ethyl adjacent to an activating group) is 2. The number of hydrogen-bond donors (Lipinski definition) is 1. The molecule has 3 heteroatoms. The smallest absolute Gasteiger partial charge is 0.0223 e. The molecule has 0 spiro atoms. The van der Waals surface area contributed by atoms with E-state index >= 15 is 0 Å². The lowest BCUT2D eigenvalue weighted by Crippen LogP contribution is -2.43. The standard InChI is InChI=1S/C16H35N3/c1-7-19-11-8-9-14(19)13-18(6)12-10-15(17-5)16(2,3)4/h14-15,17H,7-13H2,1-6H3. The van der Waals surface area contributed by atoms with Crippen LogP contribution in [0.3, 0.4) is 0 Å². The molecule has 1 heterocycles. The highest BCUT2D eigenvalue weighted by Crippen LogP contribution is 2.22. The molecule has 114 valence electrons. The van der Waals surface area contributed by atoms with Crippen molar-refractivity contribution in [3.8, 4) is 0 Å². The average molecular weight is 269 g/mol. The Morgan fingerprint density at radius 3 is 2.58 bits per heavy atom. The quantitative estimate of drug-likeness (QED) is 0.766. The molecule has 0 radical (unpaired) electrons. The fraction of sp³-hybridized carbons (Fsp3) is 1.00. The molecule has 0 aromatic heterocycles. The van der Waals surface area contributed by atoms with Gasteiger partial charge in [0.1, 0.15) is 0 Å². The summed E-state index contributed by atoms with van der Waals surface area (Å²) in [5.74, 6) is 0. The predicted octanol–water partition coefficient (Wildman–Crippen LogP) is 2.43. The summed E-state index contributed by atoms with van der Waals surface area (Å²) in [4.78, 5) is 5.16. The topological polar surface area (TPSA) is 18.5 Å². The third kappa shape index (κ3) is 5.41. The molecule has 0 aromatic carbocycles. The summed E-state index contributed by atoms with van der Waals surface area (Å²) in [6.07, 6.45) is 4.00. The largest absolute Gasteiger partial charge is 0.316 e. The second-order valence-electron chi connectivity index (χ2n) is 7.18. The monoisotopic (exact) mass is 269 g/mol. The van der Waals surface area contributed by atoms with E-state index in [1.165, 1.54) is 45.4 Å². The highest BCUT2D eigenvalue weighted by Gasteiger charge is 2.26. The van der Waals surface area contributed by atoms with Gasteiger partial charge in [0.05, 0.1) is 0 Å². The SMILES string of the molecule is CCN1CCCC1CN(C)CCC(NC)C(C)(C)C. The van der Waals surface area contributed by atoms with Crippen molar-refractivity contribution < 1.29 is 0 Å². The number of rotatable bonds is 7. The van der Waals surface area contributed by atoms with Crippen LogP contribution in [0, 0.1) is 5.41 Å². The third-order valence-corrected chi connectivity index (χ3v) is 4.62. The van der Waals surface area contributed by atoms with E-state index in [4.69, 9.17) is 0 Å².